The predicted octanol–water partition coefficient (Wildman–Crippen LogP) is -0.110. The van der Waals surface area contributed by atoms with Crippen LogP contribution in [-0.4, -0.2) is 6.18 Å². The normalized spacial score (nSPS) is 33.3. The van der Waals surface area contributed by atoms with Crippen molar-refractivity contribution in [3.63, 3.8) is 0 Å². The van der Waals surface area contributed by atoms with Gasteiger partial charge in [0.15, 0.2) is 0 Å². The molecule has 0 radical (unpaired) electrons. The smallest absolute Gasteiger partial charge is 0.316 e. The molecule has 2 aliphatic rings. The van der Waals surface area contributed by atoms with Gasteiger partial charge in [0.05, 0.1) is 0 Å². The van der Waals surface area contributed by atoms with Crippen LogP contribution in [0.15, 0.2) is 0 Å². The Hall–Kier alpha value is 0.867. The summed E-state index contributed by atoms with van der Waals surface area (Å²) < 4.78 is 35.9. The molecule has 1 atom stereocenters. The van der Waals surface area contributed by atoms with Gasteiger partial charge in [0.1, 0.15) is 0 Å². The predicted molar refractivity (Wildman–Crippen MR) is 33.4 cm³/mol. The van der Waals surface area contributed by atoms with E-state index in [4.69, 9.17) is 0 Å². The molecule has 0 aliphatic heterocycles. The summed E-state index contributed by atoms with van der Waals surface area (Å²) in [6.07, 6.45) is -2.56. The molecule has 0 amide bonds. The minimum Gasteiger partial charge on any atom is -0.316 e. The van der Waals surface area contributed by atoms with E-state index in [1.54, 1.807) is 0 Å². The molecule has 0 aromatic rings. The third-order valence-corrected chi connectivity index (χ3v) is 3.56. The SMILES string of the molecule is FC(F)(F)C1[C-](Br)C12CC2.[Li+]. The molecule has 1 spiro atoms. The Labute approximate surface area is 83.2 Å². The Morgan fingerprint density at radius 2 is 1.82 bits per heavy atom. The molecule has 0 saturated heterocycles. The molecule has 0 aromatic heterocycles. The molecule has 2 fully saturated rings. The molecule has 5 heteroatoms. The number of alkyl halides is 3. The summed E-state index contributed by atoms with van der Waals surface area (Å²) >= 11 is 2.96. The van der Waals surface area contributed by atoms with Gasteiger partial charge in [-0.25, -0.2) is 4.83 Å². The van der Waals surface area contributed by atoms with Crippen LogP contribution in [0.4, 0.5) is 13.2 Å². The summed E-state index contributed by atoms with van der Waals surface area (Å²) in [5.74, 6) is -1.13. The average molecular weight is 221 g/mol. The fourth-order valence-corrected chi connectivity index (χ4v) is 2.71. The zero-order valence-electron chi connectivity index (χ0n) is 6.00. The van der Waals surface area contributed by atoms with E-state index in [-0.39, 0.29) is 18.9 Å². The number of hydrogen-bond donors (Lipinski definition) is 0. The zero-order valence-corrected chi connectivity index (χ0v) is 7.59. The number of hydrogen-bond acceptors (Lipinski definition) is 0. The fraction of sp³-hybridized carbons (Fsp3) is 0.833. The molecule has 11 heavy (non-hydrogen) atoms. The van der Waals surface area contributed by atoms with E-state index < -0.39 is 17.5 Å². The van der Waals surface area contributed by atoms with Crippen LogP contribution in [0.5, 0.6) is 0 Å². The van der Waals surface area contributed by atoms with E-state index in [0.29, 0.717) is 4.83 Å². The van der Waals surface area contributed by atoms with Crippen molar-refractivity contribution in [2.75, 3.05) is 0 Å². The summed E-state index contributed by atoms with van der Waals surface area (Å²) in [4.78, 5) is 0.479. The van der Waals surface area contributed by atoms with Crippen LogP contribution >= 0.6 is 15.9 Å². The first-order chi connectivity index (χ1) is 4.48. The number of halogens is 4. The van der Waals surface area contributed by atoms with Crippen molar-refractivity contribution in [1.82, 2.24) is 0 Å². The van der Waals surface area contributed by atoms with Gasteiger partial charge >= 0.3 is 25.0 Å². The van der Waals surface area contributed by atoms with Gasteiger partial charge in [-0.05, 0) is 0 Å². The van der Waals surface area contributed by atoms with E-state index in [0.717, 1.165) is 12.8 Å². The maximum atomic E-state index is 12.0. The standard InChI is InChI=1S/C6H5BrF3.Li/c7-4-3(6(8,9)10)5(4)1-2-5;/h3H,1-2H2;/q-1;+1. The molecule has 2 rings (SSSR count). The average Bonchev–Trinajstić information content (AvgIpc) is 2.51. The van der Waals surface area contributed by atoms with Gasteiger partial charge in [0.25, 0.3) is 0 Å². The first-order valence-corrected chi connectivity index (χ1v) is 3.87. The largest absolute Gasteiger partial charge is 1.00 e. The summed E-state index contributed by atoms with van der Waals surface area (Å²) in [6.45, 7) is 0. The molecule has 0 nitrogen and oxygen atoms in total. The zero-order chi connectivity index (χ0) is 7.57. The molecule has 0 aromatic carbocycles. The van der Waals surface area contributed by atoms with Crippen LogP contribution in [0.3, 0.4) is 0 Å². The van der Waals surface area contributed by atoms with Crippen LogP contribution in [0.2, 0.25) is 0 Å². The summed E-state index contributed by atoms with van der Waals surface area (Å²) in [5.41, 5.74) is -0.432. The van der Waals surface area contributed by atoms with Gasteiger partial charge in [-0.1, -0.05) is 18.8 Å². The van der Waals surface area contributed by atoms with Gasteiger partial charge in [0, 0.05) is 0 Å². The molecular weight excluding hydrogens is 216 g/mol. The molecule has 0 heterocycles. The molecule has 58 valence electrons. The van der Waals surface area contributed by atoms with Crippen molar-refractivity contribution in [2.24, 2.45) is 11.3 Å². The topological polar surface area (TPSA) is 0 Å². The maximum absolute atomic E-state index is 12.0. The Bertz CT molecular complexity index is 173. The van der Waals surface area contributed by atoms with Crippen molar-refractivity contribution in [2.45, 2.75) is 19.0 Å². The van der Waals surface area contributed by atoms with Gasteiger partial charge < -0.3 is 15.9 Å². The van der Waals surface area contributed by atoms with Gasteiger partial charge in [-0.15, -0.1) is 0 Å². The molecular formula is C6H5BrF3Li. The maximum Gasteiger partial charge on any atom is 1.00 e. The monoisotopic (exact) mass is 220 g/mol. The third kappa shape index (κ3) is 1.28. The van der Waals surface area contributed by atoms with Crippen LogP contribution in [0, 0.1) is 16.2 Å². The molecule has 1 unspecified atom stereocenters. The van der Waals surface area contributed by atoms with E-state index in [9.17, 15) is 13.2 Å². The van der Waals surface area contributed by atoms with Crippen molar-refractivity contribution in [1.29, 1.82) is 0 Å². The second-order valence-electron chi connectivity index (χ2n) is 2.98. The van der Waals surface area contributed by atoms with Crippen molar-refractivity contribution < 1.29 is 32.0 Å². The second kappa shape index (κ2) is 2.43. The summed E-state index contributed by atoms with van der Waals surface area (Å²) in [5, 5.41) is 0. The first kappa shape index (κ1) is 9.95. The molecule has 2 aliphatic carbocycles. The Kier molecular flexibility index (Phi) is 2.20. The van der Waals surface area contributed by atoms with Crippen molar-refractivity contribution in [3.8, 4) is 0 Å². The van der Waals surface area contributed by atoms with E-state index in [2.05, 4.69) is 15.9 Å². The molecule has 2 saturated carbocycles. The van der Waals surface area contributed by atoms with Gasteiger partial charge in [-0.2, -0.15) is 18.6 Å². The molecule has 0 N–H and O–H groups in total. The fourth-order valence-electron chi connectivity index (χ4n) is 1.50. The Balaban J connectivity index is 0.000000605. The minimum absolute atomic E-state index is 0. The van der Waals surface area contributed by atoms with E-state index in [1.807, 2.05) is 0 Å². The molecule has 0 bridgehead atoms. The quantitative estimate of drug-likeness (QED) is 0.395. The third-order valence-electron chi connectivity index (χ3n) is 2.31. The summed E-state index contributed by atoms with van der Waals surface area (Å²) in [6, 6.07) is 0. The van der Waals surface area contributed by atoms with Crippen LogP contribution < -0.4 is 18.9 Å². The van der Waals surface area contributed by atoms with Crippen LogP contribution in [0.1, 0.15) is 12.8 Å². The number of rotatable bonds is 0. The van der Waals surface area contributed by atoms with Gasteiger partial charge in [-0.3, -0.25) is 0 Å². The second-order valence-corrected chi connectivity index (χ2v) is 3.83. The van der Waals surface area contributed by atoms with E-state index in [1.165, 1.54) is 0 Å². The van der Waals surface area contributed by atoms with Crippen LogP contribution in [-0.2, 0) is 0 Å². The van der Waals surface area contributed by atoms with Gasteiger partial charge in [0.2, 0.25) is 0 Å². The first-order valence-electron chi connectivity index (χ1n) is 3.08. The summed E-state index contributed by atoms with van der Waals surface area (Å²) in [7, 11) is 0. The Morgan fingerprint density at radius 3 is 1.91 bits per heavy atom. The van der Waals surface area contributed by atoms with E-state index >= 15 is 0 Å². The van der Waals surface area contributed by atoms with Crippen LogP contribution in [0.25, 0.3) is 0 Å². The Morgan fingerprint density at radius 1 is 1.36 bits per heavy atom. The van der Waals surface area contributed by atoms with Crippen molar-refractivity contribution >= 4 is 15.9 Å². The van der Waals surface area contributed by atoms with Crippen molar-refractivity contribution in [3.05, 3.63) is 4.83 Å². The minimum atomic E-state index is -4.00.